The molecule has 2 aromatic carbocycles. The highest BCUT2D eigenvalue weighted by molar-refractivity contribution is 5.93. The van der Waals surface area contributed by atoms with Gasteiger partial charge in [-0.1, -0.05) is 0 Å². The van der Waals surface area contributed by atoms with E-state index in [1.165, 1.54) is 25.3 Å². The predicted octanol–water partition coefficient (Wildman–Crippen LogP) is 4.80. The smallest absolute Gasteiger partial charge is 0.337 e. The van der Waals surface area contributed by atoms with Crippen molar-refractivity contribution in [3.63, 3.8) is 0 Å². The Hall–Kier alpha value is -4.56. The van der Waals surface area contributed by atoms with Crippen LogP contribution in [0.2, 0.25) is 0 Å². The number of pyridine rings is 1. The second kappa shape index (κ2) is 11.7. The Kier molecular flexibility index (Phi) is 7.71. The van der Waals surface area contributed by atoms with Crippen molar-refractivity contribution in [1.29, 1.82) is 5.26 Å². The summed E-state index contributed by atoms with van der Waals surface area (Å²) in [5.41, 5.74) is 2.41. The van der Waals surface area contributed by atoms with Gasteiger partial charge in [0.1, 0.15) is 29.8 Å². The van der Waals surface area contributed by atoms with Gasteiger partial charge in [0.05, 0.1) is 48.0 Å². The molecule has 0 N–H and O–H groups in total. The van der Waals surface area contributed by atoms with Gasteiger partial charge >= 0.3 is 5.97 Å². The van der Waals surface area contributed by atoms with Gasteiger partial charge in [0, 0.05) is 26.1 Å². The first-order valence-electron chi connectivity index (χ1n) is 13.8. The first-order valence-corrected chi connectivity index (χ1v) is 13.8. The molecule has 9 nitrogen and oxygen atoms in total. The van der Waals surface area contributed by atoms with Crippen LogP contribution < -0.4 is 9.64 Å². The van der Waals surface area contributed by atoms with E-state index in [0.29, 0.717) is 24.5 Å². The summed E-state index contributed by atoms with van der Waals surface area (Å²) in [4.78, 5) is 23.7. The lowest BCUT2D eigenvalue weighted by atomic mass is 10.0. The third-order valence-corrected chi connectivity index (χ3v) is 7.84. The summed E-state index contributed by atoms with van der Waals surface area (Å²) in [7, 11) is 1.37. The van der Waals surface area contributed by atoms with Gasteiger partial charge in [-0.3, -0.25) is 0 Å². The zero-order chi connectivity index (χ0) is 29.2. The molecule has 0 bridgehead atoms. The first kappa shape index (κ1) is 27.6. The third-order valence-electron chi connectivity index (χ3n) is 7.84. The van der Waals surface area contributed by atoms with Gasteiger partial charge in [-0.2, -0.15) is 5.26 Å². The van der Waals surface area contributed by atoms with E-state index in [-0.39, 0.29) is 35.6 Å². The summed E-state index contributed by atoms with van der Waals surface area (Å²) in [6.07, 6.45) is 2.72. The van der Waals surface area contributed by atoms with Crippen molar-refractivity contribution in [2.24, 2.45) is 5.92 Å². The normalized spacial score (nSPS) is 18.1. The highest BCUT2D eigenvalue weighted by Gasteiger charge is 2.28. The molecule has 2 atom stereocenters. The van der Waals surface area contributed by atoms with Crippen LogP contribution in [-0.2, 0) is 29.0 Å². The van der Waals surface area contributed by atoms with Crippen molar-refractivity contribution in [3.05, 3.63) is 82.8 Å². The van der Waals surface area contributed by atoms with E-state index in [1.54, 1.807) is 12.1 Å². The zero-order valence-corrected chi connectivity index (χ0v) is 23.1. The highest BCUT2D eigenvalue weighted by Crippen LogP contribution is 2.29. The van der Waals surface area contributed by atoms with Crippen LogP contribution in [0.5, 0.6) is 5.75 Å². The zero-order valence-electron chi connectivity index (χ0n) is 23.1. The molecule has 2 aromatic heterocycles. The molecular weight excluding hydrogens is 544 g/mol. The number of hydrogen-bond donors (Lipinski definition) is 0. The molecule has 42 heavy (non-hydrogen) atoms. The minimum absolute atomic E-state index is 0.0726. The molecule has 11 heteroatoms. The van der Waals surface area contributed by atoms with Crippen LogP contribution in [0.3, 0.4) is 0 Å². The summed E-state index contributed by atoms with van der Waals surface area (Å²) in [5, 5.41) is 8.92. The lowest BCUT2D eigenvalue weighted by Crippen LogP contribution is -2.32. The maximum absolute atomic E-state index is 14.6. The van der Waals surface area contributed by atoms with E-state index < -0.39 is 17.6 Å². The van der Waals surface area contributed by atoms with E-state index in [9.17, 15) is 13.6 Å². The summed E-state index contributed by atoms with van der Waals surface area (Å²) in [6.45, 7) is 2.61. The summed E-state index contributed by atoms with van der Waals surface area (Å²) in [5.74, 6) is 0.136. The number of carbonyl (C=O) groups is 1. The maximum Gasteiger partial charge on any atom is 0.337 e. The monoisotopic (exact) mass is 573 g/mol. The average Bonchev–Trinajstić information content (AvgIpc) is 3.58. The standard InChI is InChI=1S/C31H29F2N5O4/c1-40-31(39)21-3-5-25-27(14-21)38(17-22-9-11-41-22)30(35-25)13-20-8-10-37(16-20)29-7-4-23(32)26(36-29)18-42-28-6-2-19(15-34)12-24(28)33/h2-7,12,14,20,22H,8-11,13,16-18H2,1H3/t20-,22-/m0/s1. The third kappa shape index (κ3) is 5.63. The lowest BCUT2D eigenvalue weighted by molar-refractivity contribution is -0.0590. The van der Waals surface area contributed by atoms with Crippen LogP contribution in [-0.4, -0.2) is 53.4 Å². The predicted molar refractivity (Wildman–Crippen MR) is 149 cm³/mol. The van der Waals surface area contributed by atoms with E-state index in [4.69, 9.17) is 24.5 Å². The molecule has 216 valence electrons. The summed E-state index contributed by atoms with van der Waals surface area (Å²) in [6, 6.07) is 14.1. The van der Waals surface area contributed by atoms with Crippen molar-refractivity contribution in [2.45, 2.75) is 38.5 Å². The second-order valence-electron chi connectivity index (χ2n) is 10.6. The number of hydrogen-bond acceptors (Lipinski definition) is 8. The Morgan fingerprint density at radius 1 is 1.12 bits per heavy atom. The quantitative estimate of drug-likeness (QED) is 0.263. The number of benzene rings is 2. The highest BCUT2D eigenvalue weighted by atomic mass is 19.1. The van der Waals surface area contributed by atoms with Gasteiger partial charge < -0.3 is 23.7 Å². The Labute approximate surface area is 241 Å². The number of nitrogens with zero attached hydrogens (tertiary/aromatic N) is 5. The van der Waals surface area contributed by atoms with Gasteiger partial charge in [-0.05, 0) is 67.3 Å². The van der Waals surface area contributed by atoms with Crippen molar-refractivity contribution >= 4 is 22.8 Å². The van der Waals surface area contributed by atoms with Crippen LogP contribution in [0.4, 0.5) is 14.6 Å². The molecule has 0 unspecified atom stereocenters. The van der Waals surface area contributed by atoms with E-state index in [1.807, 2.05) is 18.2 Å². The number of fused-ring (bicyclic) bond motifs is 1. The van der Waals surface area contributed by atoms with Gasteiger partial charge in [0.15, 0.2) is 11.6 Å². The minimum Gasteiger partial charge on any atom is -0.484 e. The van der Waals surface area contributed by atoms with Crippen molar-refractivity contribution in [3.8, 4) is 11.8 Å². The number of ether oxygens (including phenoxy) is 3. The number of aromatic nitrogens is 3. The topological polar surface area (TPSA) is 102 Å². The second-order valence-corrected chi connectivity index (χ2v) is 10.6. The molecule has 6 rings (SSSR count). The van der Waals surface area contributed by atoms with Gasteiger partial charge in [0.2, 0.25) is 0 Å². The number of anilines is 1. The molecule has 2 aliphatic rings. The molecule has 0 spiro atoms. The fourth-order valence-electron chi connectivity index (χ4n) is 5.46. The Morgan fingerprint density at radius 2 is 1.98 bits per heavy atom. The molecule has 2 saturated heterocycles. The molecule has 2 fully saturated rings. The summed E-state index contributed by atoms with van der Waals surface area (Å²) < 4.78 is 47.1. The van der Waals surface area contributed by atoms with E-state index >= 15 is 0 Å². The van der Waals surface area contributed by atoms with Crippen molar-refractivity contribution < 1.29 is 27.8 Å². The molecule has 4 aromatic rings. The Balaban J connectivity index is 1.17. The SMILES string of the molecule is COC(=O)c1ccc2nc(C[C@@H]3CCN(c4ccc(F)c(COc5ccc(C#N)cc5F)n4)C3)n(C[C@@H]3CCO3)c2c1. The van der Waals surface area contributed by atoms with Crippen LogP contribution in [0.15, 0.2) is 48.5 Å². The number of nitriles is 1. The number of halogens is 2. The number of carbonyl (C=O) groups excluding carboxylic acids is 1. The first-order chi connectivity index (χ1) is 20.4. The molecule has 2 aliphatic heterocycles. The number of methoxy groups -OCH3 is 1. The van der Waals surface area contributed by atoms with Crippen molar-refractivity contribution in [2.75, 3.05) is 31.7 Å². The minimum atomic E-state index is -0.690. The number of imidazole rings is 1. The molecule has 0 aliphatic carbocycles. The van der Waals surface area contributed by atoms with Crippen LogP contribution >= 0.6 is 0 Å². The summed E-state index contributed by atoms with van der Waals surface area (Å²) >= 11 is 0. The van der Waals surface area contributed by atoms with Gasteiger partial charge in [-0.15, -0.1) is 0 Å². The fourth-order valence-corrected chi connectivity index (χ4v) is 5.46. The largest absolute Gasteiger partial charge is 0.484 e. The number of esters is 1. The van der Waals surface area contributed by atoms with Crippen LogP contribution in [0, 0.1) is 28.9 Å². The van der Waals surface area contributed by atoms with E-state index in [0.717, 1.165) is 55.3 Å². The molecular formula is C31H29F2N5O4. The van der Waals surface area contributed by atoms with Gasteiger partial charge in [-0.25, -0.2) is 23.5 Å². The van der Waals surface area contributed by atoms with E-state index in [2.05, 4.69) is 14.5 Å². The lowest BCUT2D eigenvalue weighted by Gasteiger charge is -2.28. The van der Waals surface area contributed by atoms with Crippen molar-refractivity contribution in [1.82, 2.24) is 14.5 Å². The molecule has 0 saturated carbocycles. The molecule has 0 amide bonds. The molecule has 0 radical (unpaired) electrons. The van der Waals surface area contributed by atoms with Gasteiger partial charge in [0.25, 0.3) is 0 Å². The Bertz CT molecular complexity index is 1680. The molecule has 4 heterocycles. The Morgan fingerprint density at radius 3 is 2.71 bits per heavy atom. The van der Waals surface area contributed by atoms with Crippen LogP contribution in [0.25, 0.3) is 11.0 Å². The van der Waals surface area contributed by atoms with Crippen LogP contribution in [0.1, 0.15) is 40.3 Å². The maximum atomic E-state index is 14.6. The fraction of sp³-hybridized carbons (Fsp3) is 0.355. The number of rotatable bonds is 9. The average molecular weight is 574 g/mol.